The molecule has 39 heavy (non-hydrogen) atoms. The third-order valence-electron chi connectivity index (χ3n) is 6.28. The number of para-hydroxylation sites is 1. The number of benzene rings is 4. The van der Waals surface area contributed by atoms with Gasteiger partial charge < -0.3 is 15.4 Å². The van der Waals surface area contributed by atoms with Crippen molar-refractivity contribution in [1.29, 1.82) is 0 Å². The third-order valence-corrected chi connectivity index (χ3v) is 6.28. The SMILES string of the molecule is Cc1cccc(NC(=O)N(CCNC(=O)c2ccc(C(C)(C)C)cc2)c2ccc(Oc3ccccc3)cc2)c1. The summed E-state index contributed by atoms with van der Waals surface area (Å²) in [6.45, 7) is 8.95. The number of ether oxygens (including phenoxy) is 1. The van der Waals surface area contributed by atoms with Crippen LogP contribution in [-0.2, 0) is 5.41 Å². The van der Waals surface area contributed by atoms with Crippen LogP contribution in [0.4, 0.5) is 16.2 Å². The molecule has 0 spiro atoms. The molecule has 0 fully saturated rings. The largest absolute Gasteiger partial charge is 0.457 e. The second-order valence-electron chi connectivity index (χ2n) is 10.4. The van der Waals surface area contributed by atoms with E-state index >= 15 is 0 Å². The summed E-state index contributed by atoms with van der Waals surface area (Å²) in [6.07, 6.45) is 0. The topological polar surface area (TPSA) is 70.7 Å². The van der Waals surface area contributed by atoms with Crippen molar-refractivity contribution in [3.63, 3.8) is 0 Å². The molecule has 0 heterocycles. The third kappa shape index (κ3) is 7.71. The smallest absolute Gasteiger partial charge is 0.326 e. The molecular weight excluding hydrogens is 486 g/mol. The lowest BCUT2D eigenvalue weighted by molar-refractivity contribution is 0.0954. The molecule has 0 bridgehead atoms. The van der Waals surface area contributed by atoms with E-state index in [1.807, 2.05) is 110 Å². The number of aryl methyl sites for hydroxylation is 1. The first kappa shape index (κ1) is 27.5. The van der Waals surface area contributed by atoms with E-state index in [9.17, 15) is 9.59 Å². The first-order valence-electron chi connectivity index (χ1n) is 13.1. The highest BCUT2D eigenvalue weighted by molar-refractivity contribution is 6.02. The van der Waals surface area contributed by atoms with E-state index < -0.39 is 0 Å². The van der Waals surface area contributed by atoms with E-state index in [0.717, 1.165) is 16.9 Å². The van der Waals surface area contributed by atoms with Gasteiger partial charge in [-0.25, -0.2) is 4.79 Å². The van der Waals surface area contributed by atoms with Crippen LogP contribution in [0.2, 0.25) is 0 Å². The zero-order valence-corrected chi connectivity index (χ0v) is 22.9. The molecule has 0 aliphatic heterocycles. The molecule has 2 N–H and O–H groups in total. The van der Waals surface area contributed by atoms with Crippen molar-refractivity contribution < 1.29 is 14.3 Å². The predicted molar refractivity (Wildman–Crippen MR) is 158 cm³/mol. The van der Waals surface area contributed by atoms with Gasteiger partial charge in [0, 0.05) is 30.0 Å². The summed E-state index contributed by atoms with van der Waals surface area (Å²) in [5.41, 5.74) is 4.20. The fourth-order valence-corrected chi connectivity index (χ4v) is 4.09. The Kier molecular flexibility index (Phi) is 8.67. The van der Waals surface area contributed by atoms with Gasteiger partial charge in [-0.15, -0.1) is 0 Å². The first-order chi connectivity index (χ1) is 18.7. The summed E-state index contributed by atoms with van der Waals surface area (Å²) >= 11 is 0. The predicted octanol–water partition coefficient (Wildman–Crippen LogP) is 7.55. The lowest BCUT2D eigenvalue weighted by Crippen LogP contribution is -2.41. The minimum absolute atomic E-state index is 0.0157. The van der Waals surface area contributed by atoms with Crippen molar-refractivity contribution in [3.8, 4) is 11.5 Å². The number of hydrogen-bond donors (Lipinski definition) is 2. The van der Waals surface area contributed by atoms with Gasteiger partial charge in [-0.05, 0) is 84.1 Å². The summed E-state index contributed by atoms with van der Waals surface area (Å²) in [7, 11) is 0. The maximum absolute atomic E-state index is 13.3. The van der Waals surface area contributed by atoms with Crippen molar-refractivity contribution in [2.75, 3.05) is 23.3 Å². The fourth-order valence-electron chi connectivity index (χ4n) is 4.09. The number of nitrogens with one attached hydrogen (secondary N) is 2. The van der Waals surface area contributed by atoms with E-state index in [1.165, 1.54) is 0 Å². The molecule has 6 nitrogen and oxygen atoms in total. The zero-order valence-electron chi connectivity index (χ0n) is 22.9. The van der Waals surface area contributed by atoms with E-state index in [4.69, 9.17) is 4.74 Å². The van der Waals surface area contributed by atoms with Gasteiger partial charge in [0.2, 0.25) is 0 Å². The molecule has 0 atom stereocenters. The standard InChI is InChI=1S/C33H35N3O3/c1-24-9-8-10-27(23-24)35-32(38)36(28-17-19-30(20-18-28)39-29-11-6-5-7-12-29)22-21-34-31(37)25-13-15-26(16-14-25)33(2,3)4/h5-20,23H,21-22H2,1-4H3,(H,34,37)(H,35,38). The Hall–Kier alpha value is -4.58. The maximum atomic E-state index is 13.3. The van der Waals surface area contributed by atoms with Gasteiger partial charge in [0.25, 0.3) is 5.91 Å². The summed E-state index contributed by atoms with van der Waals surface area (Å²) in [5, 5.41) is 5.91. The number of nitrogens with zero attached hydrogens (tertiary/aromatic N) is 1. The highest BCUT2D eigenvalue weighted by Crippen LogP contribution is 2.25. The monoisotopic (exact) mass is 521 g/mol. The summed E-state index contributed by atoms with van der Waals surface area (Å²) < 4.78 is 5.90. The van der Waals surface area contributed by atoms with Gasteiger partial charge in [-0.3, -0.25) is 9.69 Å². The maximum Gasteiger partial charge on any atom is 0.326 e. The Morgan fingerprint density at radius 2 is 1.46 bits per heavy atom. The molecule has 0 saturated carbocycles. The molecule has 4 rings (SSSR count). The van der Waals surface area contributed by atoms with Crippen LogP contribution in [0.15, 0.2) is 103 Å². The summed E-state index contributed by atoms with van der Waals surface area (Å²) in [5.74, 6) is 1.22. The average molecular weight is 522 g/mol. The Labute approximate surface area is 230 Å². The van der Waals surface area contributed by atoms with Gasteiger partial charge in [0.1, 0.15) is 11.5 Å². The average Bonchev–Trinajstić information content (AvgIpc) is 2.92. The van der Waals surface area contributed by atoms with E-state index in [0.29, 0.717) is 22.7 Å². The van der Waals surface area contributed by atoms with Crippen molar-refractivity contribution in [3.05, 3.63) is 120 Å². The second kappa shape index (κ2) is 12.3. The number of amides is 3. The molecule has 4 aromatic carbocycles. The number of rotatable bonds is 8. The van der Waals surface area contributed by atoms with Gasteiger partial charge in [0.05, 0.1) is 0 Å². The Morgan fingerprint density at radius 3 is 2.10 bits per heavy atom. The highest BCUT2D eigenvalue weighted by Gasteiger charge is 2.18. The van der Waals surface area contributed by atoms with Crippen molar-refractivity contribution in [2.45, 2.75) is 33.1 Å². The van der Waals surface area contributed by atoms with Crippen molar-refractivity contribution >= 4 is 23.3 Å². The molecule has 6 heteroatoms. The van der Waals surface area contributed by atoms with E-state index in [2.05, 4.69) is 31.4 Å². The van der Waals surface area contributed by atoms with Crippen molar-refractivity contribution in [1.82, 2.24) is 5.32 Å². The Morgan fingerprint density at radius 1 is 0.795 bits per heavy atom. The normalized spacial score (nSPS) is 11.0. The van der Waals surface area contributed by atoms with Crippen LogP contribution in [-0.4, -0.2) is 25.0 Å². The van der Waals surface area contributed by atoms with E-state index in [-0.39, 0.29) is 30.4 Å². The molecule has 0 radical (unpaired) electrons. The van der Waals surface area contributed by atoms with Gasteiger partial charge >= 0.3 is 6.03 Å². The Bertz CT molecular complexity index is 1390. The van der Waals surface area contributed by atoms with Crippen LogP contribution < -0.4 is 20.3 Å². The molecular formula is C33H35N3O3. The highest BCUT2D eigenvalue weighted by atomic mass is 16.5. The molecule has 0 aliphatic carbocycles. The van der Waals surface area contributed by atoms with Crippen LogP contribution in [0, 0.1) is 6.92 Å². The number of anilines is 2. The van der Waals surface area contributed by atoms with Crippen LogP contribution in [0.1, 0.15) is 42.3 Å². The molecule has 0 unspecified atom stereocenters. The van der Waals surface area contributed by atoms with E-state index in [1.54, 1.807) is 4.90 Å². The Balaban J connectivity index is 1.46. The number of carbonyl (C=O) groups is 2. The number of carbonyl (C=O) groups excluding carboxylic acids is 2. The molecule has 0 aliphatic rings. The molecule has 4 aromatic rings. The number of urea groups is 1. The minimum atomic E-state index is -0.291. The number of hydrogen-bond acceptors (Lipinski definition) is 3. The molecule has 3 amide bonds. The van der Waals surface area contributed by atoms with Crippen LogP contribution >= 0.6 is 0 Å². The first-order valence-corrected chi connectivity index (χ1v) is 13.1. The molecule has 200 valence electrons. The van der Waals surface area contributed by atoms with Crippen LogP contribution in [0.5, 0.6) is 11.5 Å². The lowest BCUT2D eigenvalue weighted by atomic mass is 9.87. The quantitative estimate of drug-likeness (QED) is 0.251. The molecule has 0 saturated heterocycles. The van der Waals surface area contributed by atoms with Gasteiger partial charge in [-0.1, -0.05) is 63.2 Å². The van der Waals surface area contributed by atoms with Crippen LogP contribution in [0.3, 0.4) is 0 Å². The second-order valence-corrected chi connectivity index (χ2v) is 10.4. The lowest BCUT2D eigenvalue weighted by Gasteiger charge is -2.24. The minimum Gasteiger partial charge on any atom is -0.457 e. The van der Waals surface area contributed by atoms with Gasteiger partial charge in [-0.2, -0.15) is 0 Å². The fraction of sp³-hybridized carbons (Fsp3) is 0.212. The summed E-state index contributed by atoms with van der Waals surface area (Å²) in [4.78, 5) is 27.8. The zero-order chi connectivity index (χ0) is 27.8. The molecule has 0 aromatic heterocycles. The van der Waals surface area contributed by atoms with Crippen LogP contribution in [0.25, 0.3) is 0 Å². The van der Waals surface area contributed by atoms with Crippen molar-refractivity contribution in [2.24, 2.45) is 0 Å². The summed E-state index contributed by atoms with van der Waals surface area (Å²) in [6, 6.07) is 31.8. The van der Waals surface area contributed by atoms with Gasteiger partial charge in [0.15, 0.2) is 0 Å².